The van der Waals surface area contributed by atoms with Crippen molar-refractivity contribution >= 4 is 29.1 Å². The third kappa shape index (κ3) is 2.46. The second kappa shape index (κ2) is 4.64. The van der Waals surface area contributed by atoms with Crippen molar-refractivity contribution in [2.45, 2.75) is 30.6 Å². The van der Waals surface area contributed by atoms with E-state index >= 15 is 0 Å². The van der Waals surface area contributed by atoms with Gasteiger partial charge in [-0.3, -0.25) is 4.79 Å². The van der Waals surface area contributed by atoms with Crippen molar-refractivity contribution in [1.82, 2.24) is 4.90 Å². The summed E-state index contributed by atoms with van der Waals surface area (Å²) in [5.41, 5.74) is 0.148. The van der Waals surface area contributed by atoms with Gasteiger partial charge in [-0.1, -0.05) is 12.1 Å². The highest BCUT2D eigenvalue weighted by Gasteiger charge is 2.68. The monoisotopic (exact) mass is 303 g/mol. The molecule has 0 aliphatic heterocycles. The van der Waals surface area contributed by atoms with E-state index in [-0.39, 0.29) is 17.8 Å². The molecule has 2 atom stereocenters. The van der Waals surface area contributed by atoms with E-state index in [1.807, 2.05) is 6.92 Å². The molecule has 0 saturated heterocycles. The first kappa shape index (κ1) is 14.6. The van der Waals surface area contributed by atoms with Gasteiger partial charge in [0.15, 0.2) is 0 Å². The summed E-state index contributed by atoms with van der Waals surface area (Å²) in [7, 11) is 1.71. The Kier molecular flexibility index (Phi) is 3.56. The Bertz CT molecular complexity index is 503. The number of halogens is 3. The zero-order valence-corrected chi connectivity index (χ0v) is 12.6. The maximum Gasteiger partial charge on any atom is 0.231 e. The van der Waals surface area contributed by atoms with Crippen LogP contribution in [0.2, 0.25) is 0 Å². The zero-order valence-electron chi connectivity index (χ0n) is 11.1. The van der Waals surface area contributed by atoms with Gasteiger partial charge in [0.25, 0.3) is 0 Å². The molecular formula is C14H16Cl2FNO. The minimum Gasteiger partial charge on any atom is -0.338 e. The van der Waals surface area contributed by atoms with Gasteiger partial charge in [-0.2, -0.15) is 0 Å². The van der Waals surface area contributed by atoms with Crippen molar-refractivity contribution in [2.24, 2.45) is 5.41 Å². The van der Waals surface area contributed by atoms with Gasteiger partial charge >= 0.3 is 0 Å². The van der Waals surface area contributed by atoms with E-state index in [1.165, 1.54) is 12.1 Å². The third-order valence-electron chi connectivity index (χ3n) is 3.98. The van der Waals surface area contributed by atoms with Crippen molar-refractivity contribution in [3.05, 3.63) is 35.6 Å². The molecule has 5 heteroatoms. The first-order valence-corrected chi connectivity index (χ1v) is 6.85. The Labute approximate surface area is 122 Å². The van der Waals surface area contributed by atoms with E-state index in [4.69, 9.17) is 23.2 Å². The van der Waals surface area contributed by atoms with Gasteiger partial charge in [-0.15, -0.1) is 23.2 Å². The topological polar surface area (TPSA) is 20.3 Å². The van der Waals surface area contributed by atoms with Crippen LogP contribution >= 0.6 is 23.2 Å². The number of rotatable bonds is 3. The Morgan fingerprint density at radius 3 is 2.26 bits per heavy atom. The van der Waals surface area contributed by atoms with Crippen molar-refractivity contribution in [1.29, 1.82) is 0 Å². The number of hydrogen-bond donors (Lipinski definition) is 0. The predicted molar refractivity (Wildman–Crippen MR) is 74.7 cm³/mol. The fraction of sp³-hybridized carbons (Fsp3) is 0.500. The molecule has 2 rings (SSSR count). The number of nitrogens with zero attached hydrogens (tertiary/aromatic N) is 1. The van der Waals surface area contributed by atoms with Crippen LogP contribution in [0.4, 0.5) is 4.39 Å². The molecule has 1 aromatic carbocycles. The average molecular weight is 304 g/mol. The lowest BCUT2D eigenvalue weighted by atomic mass is 10.0. The third-order valence-corrected chi connectivity index (χ3v) is 5.09. The van der Waals surface area contributed by atoms with Crippen LogP contribution in [0.15, 0.2) is 24.3 Å². The first-order valence-electron chi connectivity index (χ1n) is 6.09. The molecule has 0 bridgehead atoms. The summed E-state index contributed by atoms with van der Waals surface area (Å²) in [6.07, 6.45) is 0.461. The van der Waals surface area contributed by atoms with Crippen LogP contribution in [0.3, 0.4) is 0 Å². The molecule has 1 fully saturated rings. The van der Waals surface area contributed by atoms with Crippen LogP contribution in [0, 0.1) is 11.2 Å². The maximum absolute atomic E-state index is 12.9. The minimum atomic E-state index is -0.971. The summed E-state index contributed by atoms with van der Waals surface area (Å²) in [4.78, 5) is 14.0. The van der Waals surface area contributed by atoms with E-state index in [1.54, 1.807) is 31.0 Å². The number of carbonyl (C=O) groups is 1. The normalized spacial score (nSPS) is 25.8. The second-order valence-corrected chi connectivity index (χ2v) is 6.84. The van der Waals surface area contributed by atoms with Gasteiger partial charge in [0.1, 0.15) is 10.2 Å². The lowest BCUT2D eigenvalue weighted by Gasteiger charge is -2.28. The summed E-state index contributed by atoms with van der Waals surface area (Å²) in [5.74, 6) is -0.381. The number of carbonyl (C=O) groups excluding carboxylic acids is 1. The van der Waals surface area contributed by atoms with E-state index < -0.39 is 9.75 Å². The number of alkyl halides is 2. The number of amides is 1. The summed E-state index contributed by atoms with van der Waals surface area (Å²) < 4.78 is 11.9. The fourth-order valence-electron chi connectivity index (χ4n) is 2.16. The van der Waals surface area contributed by atoms with E-state index in [0.717, 1.165) is 5.56 Å². The summed E-state index contributed by atoms with van der Waals surface area (Å²) in [6.45, 7) is 3.66. The summed E-state index contributed by atoms with van der Waals surface area (Å²) in [5, 5.41) is 0. The summed E-state index contributed by atoms with van der Waals surface area (Å²) in [6, 6.07) is 5.96. The molecule has 0 spiro atoms. The molecular weight excluding hydrogens is 288 g/mol. The zero-order chi connectivity index (χ0) is 14.4. The Morgan fingerprint density at radius 1 is 1.37 bits per heavy atom. The van der Waals surface area contributed by atoms with Gasteiger partial charge in [-0.25, -0.2) is 4.39 Å². The van der Waals surface area contributed by atoms with E-state index in [0.29, 0.717) is 6.42 Å². The molecule has 1 aromatic rings. The van der Waals surface area contributed by atoms with Crippen molar-refractivity contribution in [3.63, 3.8) is 0 Å². The molecule has 0 N–H and O–H groups in total. The molecule has 2 unspecified atom stereocenters. The lowest BCUT2D eigenvalue weighted by molar-refractivity contribution is -0.137. The molecule has 2 nitrogen and oxygen atoms in total. The highest BCUT2D eigenvalue weighted by atomic mass is 35.5. The van der Waals surface area contributed by atoms with Gasteiger partial charge in [-0.05, 0) is 38.0 Å². The van der Waals surface area contributed by atoms with Crippen LogP contribution < -0.4 is 0 Å². The Balaban J connectivity index is 2.14. The van der Waals surface area contributed by atoms with Gasteiger partial charge < -0.3 is 4.90 Å². The van der Waals surface area contributed by atoms with Gasteiger partial charge in [0.05, 0.1) is 11.5 Å². The predicted octanol–water partition coefficient (Wildman–Crippen LogP) is 3.93. The molecule has 1 amide bonds. The molecule has 1 aliphatic carbocycles. The highest BCUT2D eigenvalue weighted by Crippen LogP contribution is 2.64. The molecule has 1 aliphatic rings. The van der Waals surface area contributed by atoms with Crippen molar-refractivity contribution < 1.29 is 9.18 Å². The number of hydrogen-bond acceptors (Lipinski definition) is 1. The largest absolute Gasteiger partial charge is 0.338 e. The standard InChI is InChI=1S/C14H16Cl2FNO/c1-9(10-4-6-11(17)7-5-10)18(3)12(19)13(2)8-14(13,15)16/h4-7,9H,8H2,1-3H3. The molecule has 1 saturated carbocycles. The van der Waals surface area contributed by atoms with Crippen LogP contribution in [0.25, 0.3) is 0 Å². The number of benzene rings is 1. The van der Waals surface area contributed by atoms with Crippen molar-refractivity contribution in [3.8, 4) is 0 Å². The Hall–Kier alpha value is -0.800. The van der Waals surface area contributed by atoms with Crippen LogP contribution in [0.5, 0.6) is 0 Å². The molecule has 0 radical (unpaired) electrons. The smallest absolute Gasteiger partial charge is 0.231 e. The highest BCUT2D eigenvalue weighted by molar-refractivity contribution is 6.53. The molecule has 104 valence electrons. The fourth-order valence-corrected chi connectivity index (χ4v) is 2.86. The molecule has 0 aromatic heterocycles. The van der Waals surface area contributed by atoms with E-state index in [2.05, 4.69) is 0 Å². The minimum absolute atomic E-state index is 0.0886. The lowest BCUT2D eigenvalue weighted by Crippen LogP contribution is -2.37. The molecule has 19 heavy (non-hydrogen) atoms. The quantitative estimate of drug-likeness (QED) is 0.775. The van der Waals surface area contributed by atoms with E-state index in [9.17, 15) is 9.18 Å². The van der Waals surface area contributed by atoms with Crippen molar-refractivity contribution in [2.75, 3.05) is 7.05 Å². The average Bonchev–Trinajstić information content (AvgIpc) is 2.88. The SMILES string of the molecule is CC(c1ccc(F)cc1)N(C)C(=O)C1(C)CC1(Cl)Cl. The van der Waals surface area contributed by atoms with Crippen LogP contribution in [-0.2, 0) is 4.79 Å². The maximum atomic E-state index is 12.9. The summed E-state index contributed by atoms with van der Waals surface area (Å²) >= 11 is 12.1. The van der Waals surface area contributed by atoms with Gasteiger partial charge in [0.2, 0.25) is 5.91 Å². The Morgan fingerprint density at radius 2 is 1.84 bits per heavy atom. The van der Waals surface area contributed by atoms with Gasteiger partial charge in [0, 0.05) is 7.05 Å². The van der Waals surface area contributed by atoms with Crippen LogP contribution in [0.1, 0.15) is 31.9 Å². The van der Waals surface area contributed by atoms with Crippen LogP contribution in [-0.4, -0.2) is 22.2 Å². The second-order valence-electron chi connectivity index (χ2n) is 5.36. The first-order chi connectivity index (χ1) is 8.69. The molecule has 0 heterocycles.